The van der Waals surface area contributed by atoms with Gasteiger partial charge in [-0.1, -0.05) is 12.1 Å². The fourth-order valence-electron chi connectivity index (χ4n) is 1.98. The molecule has 0 spiro atoms. The normalized spacial score (nSPS) is 9.73. The minimum atomic E-state index is -0.336. The molecule has 0 aliphatic heterocycles. The van der Waals surface area contributed by atoms with Crippen molar-refractivity contribution in [2.75, 3.05) is 24.9 Å². The van der Waals surface area contributed by atoms with E-state index in [1.165, 1.54) is 14.2 Å². The van der Waals surface area contributed by atoms with Crippen LogP contribution in [0.25, 0.3) is 0 Å². The zero-order valence-corrected chi connectivity index (χ0v) is 12.3. The van der Waals surface area contributed by atoms with Gasteiger partial charge in [-0.25, -0.2) is 0 Å². The van der Waals surface area contributed by atoms with Gasteiger partial charge in [-0.2, -0.15) is 0 Å². The van der Waals surface area contributed by atoms with Crippen molar-refractivity contribution in [2.45, 2.75) is 0 Å². The molecule has 114 valence electrons. The number of nitrogens with one attached hydrogen (secondary N) is 2. The molecule has 0 saturated carbocycles. The van der Waals surface area contributed by atoms with Gasteiger partial charge in [0.15, 0.2) is 11.5 Å². The van der Waals surface area contributed by atoms with Crippen LogP contribution in [0.4, 0.5) is 11.4 Å². The van der Waals surface area contributed by atoms with Crippen molar-refractivity contribution in [3.63, 3.8) is 0 Å². The topological polar surface area (TPSA) is 76.7 Å². The maximum absolute atomic E-state index is 12.3. The van der Waals surface area contributed by atoms with Crippen molar-refractivity contribution in [3.8, 4) is 11.5 Å². The number of hydrogen-bond acceptors (Lipinski definition) is 4. The van der Waals surface area contributed by atoms with Gasteiger partial charge in [0, 0.05) is 11.8 Å². The standard InChI is InChI=1S/C16H16N2O4/c1-21-14-8-7-11(9-15(14)22-2)18-16(20)12-5-3-4-6-13(12)17-10-19/h3-10H,1-2H3,(H,17,19)(H,18,20). The molecule has 0 aliphatic rings. The highest BCUT2D eigenvalue weighted by Crippen LogP contribution is 2.30. The number of methoxy groups -OCH3 is 2. The first-order valence-electron chi connectivity index (χ1n) is 6.52. The third kappa shape index (κ3) is 3.35. The fraction of sp³-hybridized carbons (Fsp3) is 0.125. The van der Waals surface area contributed by atoms with E-state index in [9.17, 15) is 9.59 Å². The Balaban J connectivity index is 2.24. The molecule has 2 rings (SSSR count). The number of anilines is 2. The Morgan fingerprint density at radius 1 is 1.05 bits per heavy atom. The maximum Gasteiger partial charge on any atom is 0.257 e. The first-order chi connectivity index (χ1) is 10.7. The maximum atomic E-state index is 12.3. The predicted molar refractivity (Wildman–Crippen MR) is 83.6 cm³/mol. The molecule has 0 aliphatic carbocycles. The summed E-state index contributed by atoms with van der Waals surface area (Å²) < 4.78 is 10.3. The van der Waals surface area contributed by atoms with Gasteiger partial charge in [-0.15, -0.1) is 0 Å². The second kappa shape index (κ2) is 7.12. The highest BCUT2D eigenvalue weighted by Gasteiger charge is 2.12. The molecule has 6 nitrogen and oxygen atoms in total. The molecule has 2 N–H and O–H groups in total. The van der Waals surface area contributed by atoms with Crippen LogP contribution in [0.1, 0.15) is 10.4 Å². The van der Waals surface area contributed by atoms with E-state index in [1.54, 1.807) is 42.5 Å². The highest BCUT2D eigenvalue weighted by molar-refractivity contribution is 6.09. The van der Waals surface area contributed by atoms with Gasteiger partial charge in [-0.3, -0.25) is 9.59 Å². The number of hydrogen-bond donors (Lipinski definition) is 2. The van der Waals surface area contributed by atoms with Gasteiger partial charge < -0.3 is 20.1 Å². The molecule has 2 aromatic carbocycles. The SMILES string of the molecule is COc1ccc(NC(=O)c2ccccc2NC=O)cc1OC. The monoisotopic (exact) mass is 300 g/mol. The molecule has 0 atom stereocenters. The van der Waals surface area contributed by atoms with Crippen molar-refractivity contribution in [2.24, 2.45) is 0 Å². The van der Waals surface area contributed by atoms with Crippen molar-refractivity contribution in [3.05, 3.63) is 48.0 Å². The van der Waals surface area contributed by atoms with Gasteiger partial charge >= 0.3 is 0 Å². The molecule has 0 saturated heterocycles. The van der Waals surface area contributed by atoms with E-state index in [0.717, 1.165) is 0 Å². The van der Waals surface area contributed by atoms with Crippen molar-refractivity contribution >= 4 is 23.7 Å². The van der Waals surface area contributed by atoms with Crippen LogP contribution in [0.3, 0.4) is 0 Å². The number of carbonyl (C=O) groups is 2. The summed E-state index contributed by atoms with van der Waals surface area (Å²) in [6.45, 7) is 0. The predicted octanol–water partition coefficient (Wildman–Crippen LogP) is 2.52. The molecule has 0 radical (unpaired) electrons. The minimum Gasteiger partial charge on any atom is -0.493 e. The molecule has 0 heterocycles. The largest absolute Gasteiger partial charge is 0.493 e. The van der Waals surface area contributed by atoms with E-state index in [-0.39, 0.29) is 5.91 Å². The summed E-state index contributed by atoms with van der Waals surface area (Å²) in [5.41, 5.74) is 1.36. The molecular weight excluding hydrogens is 284 g/mol. The van der Waals surface area contributed by atoms with Crippen LogP contribution < -0.4 is 20.1 Å². The Hall–Kier alpha value is -3.02. The van der Waals surface area contributed by atoms with Crippen LogP contribution >= 0.6 is 0 Å². The lowest BCUT2D eigenvalue weighted by molar-refractivity contribution is -0.105. The van der Waals surface area contributed by atoms with Crippen molar-refractivity contribution in [1.29, 1.82) is 0 Å². The van der Waals surface area contributed by atoms with Gasteiger partial charge in [0.05, 0.1) is 25.5 Å². The van der Waals surface area contributed by atoms with E-state index >= 15 is 0 Å². The van der Waals surface area contributed by atoms with Crippen LogP contribution in [0, 0.1) is 0 Å². The molecule has 0 unspecified atom stereocenters. The van der Waals surface area contributed by atoms with E-state index in [0.29, 0.717) is 34.8 Å². The van der Waals surface area contributed by atoms with E-state index in [1.807, 2.05) is 0 Å². The average molecular weight is 300 g/mol. The minimum absolute atomic E-state index is 0.336. The zero-order chi connectivity index (χ0) is 15.9. The Morgan fingerprint density at radius 3 is 2.45 bits per heavy atom. The Kier molecular flexibility index (Phi) is 4.98. The Bertz CT molecular complexity index is 686. The van der Waals surface area contributed by atoms with Gasteiger partial charge in [0.25, 0.3) is 5.91 Å². The van der Waals surface area contributed by atoms with Gasteiger partial charge in [0.1, 0.15) is 0 Å². The number of para-hydroxylation sites is 1. The summed E-state index contributed by atoms with van der Waals surface area (Å²) in [6.07, 6.45) is 0.530. The van der Waals surface area contributed by atoms with Crippen LogP contribution in [-0.4, -0.2) is 26.5 Å². The van der Waals surface area contributed by atoms with E-state index < -0.39 is 0 Å². The van der Waals surface area contributed by atoms with Crippen molar-refractivity contribution in [1.82, 2.24) is 0 Å². The summed E-state index contributed by atoms with van der Waals surface area (Å²) in [7, 11) is 3.06. The molecule has 2 amide bonds. The molecule has 0 aromatic heterocycles. The Morgan fingerprint density at radius 2 is 1.77 bits per heavy atom. The second-order valence-electron chi connectivity index (χ2n) is 4.33. The third-order valence-corrected chi connectivity index (χ3v) is 3.03. The van der Waals surface area contributed by atoms with Crippen LogP contribution in [0.2, 0.25) is 0 Å². The van der Waals surface area contributed by atoms with Gasteiger partial charge in [0.2, 0.25) is 6.41 Å². The summed E-state index contributed by atoms with van der Waals surface area (Å²) in [4.78, 5) is 22.9. The summed E-state index contributed by atoms with van der Waals surface area (Å²) in [5.74, 6) is 0.750. The summed E-state index contributed by atoms with van der Waals surface area (Å²) in [5, 5.41) is 5.25. The molecule has 22 heavy (non-hydrogen) atoms. The molecule has 0 bridgehead atoms. The van der Waals surface area contributed by atoms with Crippen LogP contribution in [0.15, 0.2) is 42.5 Å². The smallest absolute Gasteiger partial charge is 0.257 e. The van der Waals surface area contributed by atoms with E-state index in [2.05, 4.69) is 10.6 Å². The number of rotatable bonds is 6. The fourth-order valence-corrected chi connectivity index (χ4v) is 1.98. The highest BCUT2D eigenvalue weighted by atomic mass is 16.5. The number of ether oxygens (including phenoxy) is 2. The van der Waals surface area contributed by atoms with Gasteiger partial charge in [-0.05, 0) is 24.3 Å². The quantitative estimate of drug-likeness (QED) is 0.804. The molecule has 2 aromatic rings. The molecular formula is C16H16N2O4. The second-order valence-corrected chi connectivity index (χ2v) is 4.33. The zero-order valence-electron chi connectivity index (χ0n) is 12.3. The first-order valence-corrected chi connectivity index (χ1v) is 6.52. The third-order valence-electron chi connectivity index (χ3n) is 3.03. The first kappa shape index (κ1) is 15.4. The Labute approximate surface area is 128 Å². The molecule has 6 heteroatoms. The average Bonchev–Trinajstić information content (AvgIpc) is 2.55. The number of amides is 2. The lowest BCUT2D eigenvalue weighted by Gasteiger charge is -2.12. The lowest BCUT2D eigenvalue weighted by Crippen LogP contribution is -2.14. The van der Waals surface area contributed by atoms with Crippen LogP contribution in [-0.2, 0) is 4.79 Å². The van der Waals surface area contributed by atoms with Crippen molar-refractivity contribution < 1.29 is 19.1 Å². The number of benzene rings is 2. The summed E-state index contributed by atoms with van der Waals surface area (Å²) >= 11 is 0. The van der Waals surface area contributed by atoms with Crippen LogP contribution in [0.5, 0.6) is 11.5 Å². The molecule has 0 fully saturated rings. The van der Waals surface area contributed by atoms with E-state index in [4.69, 9.17) is 9.47 Å². The summed E-state index contributed by atoms with van der Waals surface area (Å²) in [6, 6.07) is 11.8. The lowest BCUT2D eigenvalue weighted by atomic mass is 10.1. The number of carbonyl (C=O) groups excluding carboxylic acids is 2.